The lowest BCUT2D eigenvalue weighted by molar-refractivity contribution is -0.137. The number of alkyl halides is 3. The fraction of sp³-hybridized carbons (Fsp3) is 0.167. The van der Waals surface area contributed by atoms with E-state index in [0.29, 0.717) is 11.4 Å². The molecule has 0 atom stereocenters. The molecule has 0 N–H and O–H groups in total. The molecule has 7 heteroatoms. The van der Waals surface area contributed by atoms with Crippen LogP contribution < -0.4 is 14.5 Å². The molecule has 2 amide bonds. The molecule has 0 fully saturated rings. The average molecular weight is 348 g/mol. The molecule has 1 aliphatic rings. The molecule has 2 aromatic rings. The van der Waals surface area contributed by atoms with Crippen LogP contribution >= 0.6 is 0 Å². The molecule has 0 saturated heterocycles. The van der Waals surface area contributed by atoms with Gasteiger partial charge < -0.3 is 4.74 Å². The van der Waals surface area contributed by atoms with Crippen LogP contribution in [0, 0.1) is 0 Å². The fourth-order valence-electron chi connectivity index (χ4n) is 2.69. The van der Waals surface area contributed by atoms with E-state index in [1.807, 2.05) is 0 Å². The molecule has 0 aliphatic carbocycles. The molecule has 130 valence electrons. The number of carbonyl (C=O) groups excluding carboxylic acids is 1. The minimum absolute atomic E-state index is 0.0532. The summed E-state index contributed by atoms with van der Waals surface area (Å²) in [5.41, 5.74) is -0.566. The second-order valence-corrected chi connectivity index (χ2v) is 5.33. The van der Waals surface area contributed by atoms with Crippen molar-refractivity contribution in [1.29, 1.82) is 0 Å². The maximum atomic E-state index is 13.3. The van der Waals surface area contributed by atoms with Crippen molar-refractivity contribution in [3.63, 3.8) is 0 Å². The number of benzene rings is 2. The van der Waals surface area contributed by atoms with Gasteiger partial charge in [0.2, 0.25) is 0 Å². The summed E-state index contributed by atoms with van der Waals surface area (Å²) >= 11 is 0. The first-order valence-electron chi connectivity index (χ1n) is 7.50. The van der Waals surface area contributed by atoms with Crippen LogP contribution in [-0.4, -0.2) is 19.7 Å². The molecule has 1 heterocycles. The molecule has 2 aromatic carbocycles. The highest BCUT2D eigenvalue weighted by molar-refractivity contribution is 6.07. The number of halogens is 3. The highest BCUT2D eigenvalue weighted by Gasteiger charge is 2.37. The van der Waals surface area contributed by atoms with Crippen LogP contribution in [-0.2, 0) is 6.18 Å². The maximum Gasteiger partial charge on any atom is 0.418 e. The third-order valence-corrected chi connectivity index (χ3v) is 3.82. The first-order chi connectivity index (χ1) is 11.9. The standard InChI is InChI=1S/C18H15F3N2O2/c1-25-16-10-5-4-9-15(16)23-12-6-11-22(17(23)24)14-8-3-2-7-13(14)18(19,20)21/h2-10,12H,11H2,1H3. The highest BCUT2D eigenvalue weighted by Crippen LogP contribution is 2.38. The van der Waals surface area contributed by atoms with Gasteiger partial charge in [-0.2, -0.15) is 13.2 Å². The maximum absolute atomic E-state index is 13.3. The van der Waals surface area contributed by atoms with Crippen molar-refractivity contribution in [1.82, 2.24) is 0 Å². The Bertz CT molecular complexity index is 818. The van der Waals surface area contributed by atoms with E-state index in [1.165, 1.54) is 36.4 Å². The molecule has 0 unspecified atom stereocenters. The lowest BCUT2D eigenvalue weighted by atomic mass is 10.1. The third kappa shape index (κ3) is 3.17. The Morgan fingerprint density at radius 2 is 1.64 bits per heavy atom. The topological polar surface area (TPSA) is 32.8 Å². The summed E-state index contributed by atoms with van der Waals surface area (Å²) in [6, 6.07) is 11.3. The van der Waals surface area contributed by atoms with Crippen LogP contribution in [0.1, 0.15) is 5.56 Å². The first kappa shape index (κ1) is 16.9. The Kier molecular flexibility index (Phi) is 4.39. The van der Waals surface area contributed by atoms with Crippen LogP contribution in [0.5, 0.6) is 5.75 Å². The second-order valence-electron chi connectivity index (χ2n) is 5.33. The van der Waals surface area contributed by atoms with Gasteiger partial charge in [0.25, 0.3) is 0 Å². The molecule has 25 heavy (non-hydrogen) atoms. The normalized spacial score (nSPS) is 14.8. The van der Waals surface area contributed by atoms with Crippen LogP contribution in [0.2, 0.25) is 0 Å². The van der Waals surface area contributed by atoms with Gasteiger partial charge in [-0.05, 0) is 30.3 Å². The lowest BCUT2D eigenvalue weighted by Crippen LogP contribution is -2.45. The number of amides is 2. The quantitative estimate of drug-likeness (QED) is 0.807. The fourth-order valence-corrected chi connectivity index (χ4v) is 2.69. The zero-order valence-corrected chi connectivity index (χ0v) is 13.3. The predicted molar refractivity (Wildman–Crippen MR) is 88.8 cm³/mol. The molecule has 1 aliphatic heterocycles. The van der Waals surface area contributed by atoms with Crippen LogP contribution in [0.3, 0.4) is 0 Å². The summed E-state index contributed by atoms with van der Waals surface area (Å²) in [7, 11) is 1.47. The predicted octanol–water partition coefficient (Wildman–Crippen LogP) is 4.67. The molecule has 0 radical (unpaired) electrons. The van der Waals surface area contributed by atoms with Gasteiger partial charge in [0.05, 0.1) is 24.0 Å². The van der Waals surface area contributed by atoms with Gasteiger partial charge in [-0.15, -0.1) is 0 Å². The molecule has 0 aromatic heterocycles. The van der Waals surface area contributed by atoms with Gasteiger partial charge in [0.1, 0.15) is 5.75 Å². The summed E-state index contributed by atoms with van der Waals surface area (Å²) in [5, 5.41) is 0. The molecule has 0 bridgehead atoms. The van der Waals surface area contributed by atoms with Crippen molar-refractivity contribution in [2.24, 2.45) is 0 Å². The van der Waals surface area contributed by atoms with Crippen LogP contribution in [0.4, 0.5) is 29.3 Å². The van der Waals surface area contributed by atoms with Gasteiger partial charge in [0.15, 0.2) is 0 Å². The summed E-state index contributed by atoms with van der Waals surface area (Å²) in [4.78, 5) is 15.2. The molecular weight excluding hydrogens is 333 g/mol. The third-order valence-electron chi connectivity index (χ3n) is 3.82. The second kappa shape index (κ2) is 6.51. The van der Waals surface area contributed by atoms with Crippen molar-refractivity contribution in [3.8, 4) is 5.75 Å². The number of rotatable bonds is 3. The van der Waals surface area contributed by atoms with E-state index in [4.69, 9.17) is 4.74 Å². The number of methoxy groups -OCH3 is 1. The number of anilines is 2. The number of hydrogen-bond acceptors (Lipinski definition) is 2. The molecule has 0 spiro atoms. The van der Waals surface area contributed by atoms with Crippen molar-refractivity contribution in [2.75, 3.05) is 23.5 Å². The van der Waals surface area contributed by atoms with Crippen molar-refractivity contribution in [2.45, 2.75) is 6.18 Å². The molecule has 0 saturated carbocycles. The van der Waals surface area contributed by atoms with Gasteiger partial charge in [-0.25, -0.2) is 4.79 Å². The summed E-state index contributed by atoms with van der Waals surface area (Å²) in [6.45, 7) is 0.0532. The zero-order valence-electron chi connectivity index (χ0n) is 13.3. The number of hydrogen-bond donors (Lipinski definition) is 0. The van der Waals surface area contributed by atoms with Crippen molar-refractivity contribution < 1.29 is 22.7 Å². The number of para-hydroxylation sites is 3. The molecule has 3 rings (SSSR count). The van der Waals surface area contributed by atoms with E-state index >= 15 is 0 Å². The molecular formula is C18H15F3N2O2. The van der Waals surface area contributed by atoms with Gasteiger partial charge in [-0.1, -0.05) is 24.3 Å². The average Bonchev–Trinajstić information content (AvgIpc) is 2.61. The largest absolute Gasteiger partial charge is 0.495 e. The number of nitrogens with zero attached hydrogens (tertiary/aromatic N) is 2. The Balaban J connectivity index is 2.02. The Hall–Kier alpha value is -2.96. The Labute approximate surface area is 142 Å². The highest BCUT2D eigenvalue weighted by atomic mass is 19.4. The van der Waals surface area contributed by atoms with Gasteiger partial charge >= 0.3 is 12.2 Å². The van der Waals surface area contributed by atoms with E-state index in [1.54, 1.807) is 30.3 Å². The number of carbonyl (C=O) groups is 1. The van der Waals surface area contributed by atoms with Crippen LogP contribution in [0.15, 0.2) is 60.8 Å². The Morgan fingerprint density at radius 1 is 1.00 bits per heavy atom. The van der Waals surface area contributed by atoms with Crippen molar-refractivity contribution in [3.05, 3.63) is 66.4 Å². The summed E-state index contributed by atoms with van der Waals surface area (Å²) < 4.78 is 45.1. The monoisotopic (exact) mass is 348 g/mol. The van der Waals surface area contributed by atoms with Crippen molar-refractivity contribution >= 4 is 17.4 Å². The van der Waals surface area contributed by atoms with Crippen LogP contribution in [0.25, 0.3) is 0 Å². The van der Waals surface area contributed by atoms with Gasteiger partial charge in [-0.3, -0.25) is 9.80 Å². The van der Waals surface area contributed by atoms with E-state index in [-0.39, 0.29) is 12.2 Å². The smallest absolute Gasteiger partial charge is 0.418 e. The summed E-state index contributed by atoms with van der Waals surface area (Å²) in [6.07, 6.45) is -1.39. The minimum atomic E-state index is -4.55. The van der Waals surface area contributed by atoms with E-state index in [2.05, 4.69) is 0 Å². The number of ether oxygens (including phenoxy) is 1. The molecule has 4 nitrogen and oxygen atoms in total. The SMILES string of the molecule is COc1ccccc1N1C=CCN(c2ccccc2C(F)(F)F)C1=O. The zero-order chi connectivity index (χ0) is 18.0. The van der Waals surface area contributed by atoms with E-state index < -0.39 is 17.8 Å². The minimum Gasteiger partial charge on any atom is -0.495 e. The summed E-state index contributed by atoms with van der Waals surface area (Å²) in [5.74, 6) is 0.450. The van der Waals surface area contributed by atoms with Gasteiger partial charge in [0, 0.05) is 12.7 Å². The number of urea groups is 1. The van der Waals surface area contributed by atoms with E-state index in [9.17, 15) is 18.0 Å². The van der Waals surface area contributed by atoms with E-state index in [0.717, 1.165) is 11.0 Å². The Morgan fingerprint density at radius 3 is 2.32 bits per heavy atom. The first-order valence-corrected chi connectivity index (χ1v) is 7.50. The lowest BCUT2D eigenvalue weighted by Gasteiger charge is -2.33.